The Bertz CT molecular complexity index is 374. The fraction of sp³-hybridized carbons (Fsp3) is 0.143. The van der Waals surface area contributed by atoms with Crippen LogP contribution in [-0.2, 0) is 0 Å². The summed E-state index contributed by atoms with van der Waals surface area (Å²) in [6.07, 6.45) is 0. The average Bonchev–Trinajstić information content (AvgIpc) is 2.17. The summed E-state index contributed by atoms with van der Waals surface area (Å²) in [5.74, 6) is 0.338. The summed E-state index contributed by atoms with van der Waals surface area (Å²) in [5, 5.41) is 8.81. The summed E-state index contributed by atoms with van der Waals surface area (Å²) in [4.78, 5) is 0. The molecule has 0 amide bonds. The maximum Gasteiger partial charge on any atom is 0.115 e. The first-order valence-corrected chi connectivity index (χ1v) is 5.16. The lowest BCUT2D eigenvalue weighted by molar-refractivity contribution is 0.475. The van der Waals surface area contributed by atoms with Gasteiger partial charge in [0.15, 0.2) is 0 Å². The third-order valence-electron chi connectivity index (χ3n) is 2.04. The monoisotopic (exact) mass is 215 g/mol. The largest absolute Gasteiger partial charge is 0.508 e. The van der Waals surface area contributed by atoms with Crippen LogP contribution in [0, 0.1) is 13.8 Å². The predicted octanol–water partition coefficient (Wildman–Crippen LogP) is 3.28. The normalized spacial score (nSPS) is 9.12. The molecule has 2 heteroatoms. The van der Waals surface area contributed by atoms with Gasteiger partial charge in [0.1, 0.15) is 5.75 Å². The highest BCUT2D eigenvalue weighted by atomic mass is 16.3. The molecule has 2 aromatic carbocycles. The molecule has 16 heavy (non-hydrogen) atoms. The molecule has 0 saturated carbocycles. The van der Waals surface area contributed by atoms with Crippen LogP contribution in [0.5, 0.6) is 5.75 Å². The van der Waals surface area contributed by atoms with Crippen LogP contribution in [0.3, 0.4) is 0 Å². The van der Waals surface area contributed by atoms with Gasteiger partial charge in [0.2, 0.25) is 0 Å². The van der Waals surface area contributed by atoms with E-state index in [4.69, 9.17) is 10.8 Å². The van der Waals surface area contributed by atoms with Crippen LogP contribution >= 0.6 is 0 Å². The van der Waals surface area contributed by atoms with Gasteiger partial charge in [0, 0.05) is 5.69 Å². The van der Waals surface area contributed by atoms with Crippen LogP contribution in [0.1, 0.15) is 11.1 Å². The van der Waals surface area contributed by atoms with Gasteiger partial charge in [-0.15, -0.1) is 0 Å². The van der Waals surface area contributed by atoms with Gasteiger partial charge in [-0.05, 0) is 49.2 Å². The van der Waals surface area contributed by atoms with Gasteiger partial charge in [-0.2, -0.15) is 0 Å². The van der Waals surface area contributed by atoms with Crippen LogP contribution < -0.4 is 5.73 Å². The zero-order valence-electron chi connectivity index (χ0n) is 9.64. The minimum Gasteiger partial charge on any atom is -0.508 e. The Balaban J connectivity index is 0.000000160. The van der Waals surface area contributed by atoms with E-state index < -0.39 is 0 Å². The Morgan fingerprint density at radius 1 is 0.875 bits per heavy atom. The molecule has 2 nitrogen and oxygen atoms in total. The Hall–Kier alpha value is -1.96. The molecule has 0 radical (unpaired) electrons. The number of aromatic hydroxyl groups is 1. The van der Waals surface area contributed by atoms with Crippen molar-refractivity contribution >= 4 is 5.69 Å². The first-order chi connectivity index (χ1) is 7.58. The van der Waals surface area contributed by atoms with Crippen molar-refractivity contribution in [3.8, 4) is 5.75 Å². The van der Waals surface area contributed by atoms with Crippen LogP contribution in [-0.4, -0.2) is 5.11 Å². The predicted molar refractivity (Wildman–Crippen MR) is 68.4 cm³/mol. The topological polar surface area (TPSA) is 46.2 Å². The Labute approximate surface area is 96.4 Å². The molecule has 0 bridgehead atoms. The number of phenolic OH excluding ortho intramolecular Hbond substituents is 1. The second kappa shape index (κ2) is 5.81. The molecular weight excluding hydrogens is 198 g/mol. The molecule has 0 atom stereocenters. The second-order valence-electron chi connectivity index (χ2n) is 3.75. The van der Waals surface area contributed by atoms with Gasteiger partial charge in [-0.3, -0.25) is 0 Å². The van der Waals surface area contributed by atoms with Crippen LogP contribution in [0.4, 0.5) is 5.69 Å². The molecule has 0 aliphatic carbocycles. The van der Waals surface area contributed by atoms with E-state index in [2.05, 4.69) is 0 Å². The lowest BCUT2D eigenvalue weighted by atomic mass is 10.2. The van der Waals surface area contributed by atoms with E-state index in [1.165, 1.54) is 5.56 Å². The minimum atomic E-state index is 0.338. The molecule has 2 rings (SSSR count). The number of hydrogen-bond donors (Lipinski definition) is 2. The van der Waals surface area contributed by atoms with Crippen molar-refractivity contribution < 1.29 is 5.11 Å². The highest BCUT2D eigenvalue weighted by Crippen LogP contribution is 2.08. The van der Waals surface area contributed by atoms with Crippen molar-refractivity contribution in [3.05, 3.63) is 59.7 Å². The van der Waals surface area contributed by atoms with Gasteiger partial charge < -0.3 is 10.8 Å². The highest BCUT2D eigenvalue weighted by Gasteiger charge is 1.83. The van der Waals surface area contributed by atoms with E-state index in [9.17, 15) is 0 Å². The highest BCUT2D eigenvalue weighted by molar-refractivity contribution is 5.39. The molecule has 0 aliphatic rings. The maximum absolute atomic E-state index is 8.81. The fourth-order valence-corrected chi connectivity index (χ4v) is 1.30. The summed E-state index contributed by atoms with van der Waals surface area (Å²) >= 11 is 0. The van der Waals surface area contributed by atoms with E-state index in [-0.39, 0.29) is 0 Å². The van der Waals surface area contributed by atoms with Crippen molar-refractivity contribution in [2.45, 2.75) is 13.8 Å². The average molecular weight is 215 g/mol. The van der Waals surface area contributed by atoms with Crippen molar-refractivity contribution in [1.82, 2.24) is 0 Å². The number of nitrogens with two attached hydrogens (primary N) is 1. The molecule has 0 unspecified atom stereocenters. The number of hydrogen-bond acceptors (Lipinski definition) is 2. The molecule has 0 spiro atoms. The van der Waals surface area contributed by atoms with Gasteiger partial charge in [0.25, 0.3) is 0 Å². The van der Waals surface area contributed by atoms with Gasteiger partial charge >= 0.3 is 0 Å². The summed E-state index contributed by atoms with van der Waals surface area (Å²) in [5.41, 5.74) is 8.60. The summed E-state index contributed by atoms with van der Waals surface area (Å²) in [6, 6.07) is 14.9. The molecule has 2 aromatic rings. The van der Waals surface area contributed by atoms with E-state index in [0.29, 0.717) is 5.75 Å². The lowest BCUT2D eigenvalue weighted by Gasteiger charge is -1.91. The van der Waals surface area contributed by atoms with E-state index in [1.54, 1.807) is 12.1 Å². The smallest absolute Gasteiger partial charge is 0.115 e. The molecule has 0 aliphatic heterocycles. The summed E-state index contributed by atoms with van der Waals surface area (Å²) in [7, 11) is 0. The third-order valence-corrected chi connectivity index (χ3v) is 2.04. The second-order valence-corrected chi connectivity index (χ2v) is 3.75. The van der Waals surface area contributed by atoms with Crippen molar-refractivity contribution in [2.75, 3.05) is 5.73 Å². The van der Waals surface area contributed by atoms with Gasteiger partial charge in [0.05, 0.1) is 0 Å². The van der Waals surface area contributed by atoms with Gasteiger partial charge in [-0.1, -0.05) is 24.3 Å². The Morgan fingerprint density at radius 3 is 1.75 bits per heavy atom. The van der Waals surface area contributed by atoms with Crippen LogP contribution in [0.15, 0.2) is 48.5 Å². The van der Waals surface area contributed by atoms with E-state index in [0.717, 1.165) is 11.3 Å². The fourth-order valence-electron chi connectivity index (χ4n) is 1.30. The number of benzene rings is 2. The van der Waals surface area contributed by atoms with E-state index in [1.807, 2.05) is 50.2 Å². The number of anilines is 1. The first kappa shape index (κ1) is 12.1. The Morgan fingerprint density at radius 2 is 1.44 bits per heavy atom. The Kier molecular flexibility index (Phi) is 4.40. The molecule has 84 valence electrons. The van der Waals surface area contributed by atoms with Crippen molar-refractivity contribution in [2.24, 2.45) is 0 Å². The van der Waals surface area contributed by atoms with E-state index >= 15 is 0 Å². The summed E-state index contributed by atoms with van der Waals surface area (Å²) < 4.78 is 0. The van der Waals surface area contributed by atoms with Crippen LogP contribution in [0.2, 0.25) is 0 Å². The minimum absolute atomic E-state index is 0.338. The molecule has 0 aromatic heterocycles. The van der Waals surface area contributed by atoms with Gasteiger partial charge in [-0.25, -0.2) is 0 Å². The van der Waals surface area contributed by atoms with Crippen LogP contribution in [0.25, 0.3) is 0 Å². The number of nitrogen functional groups attached to an aromatic ring is 1. The molecule has 0 fully saturated rings. The number of phenols is 1. The van der Waals surface area contributed by atoms with Crippen molar-refractivity contribution in [1.29, 1.82) is 0 Å². The van der Waals surface area contributed by atoms with Crippen molar-refractivity contribution in [3.63, 3.8) is 0 Å². The molecule has 0 heterocycles. The molecule has 3 N–H and O–H groups in total. The first-order valence-electron chi connectivity index (χ1n) is 5.16. The summed E-state index contributed by atoms with van der Waals surface area (Å²) in [6.45, 7) is 3.97. The quantitative estimate of drug-likeness (QED) is 0.662. The molecular formula is C14H17NO. The number of aryl methyl sites for hydroxylation is 2. The number of rotatable bonds is 0. The third kappa shape index (κ3) is 4.51. The molecule has 0 saturated heterocycles. The maximum atomic E-state index is 8.81. The lowest BCUT2D eigenvalue weighted by Crippen LogP contribution is -1.82. The standard InChI is InChI=1S/C7H9N.C7H8O/c2*1-6-3-2-4-7(8)5-6/h2-5H,8H2,1H3;2-5,8H,1H3. The zero-order chi connectivity index (χ0) is 12.0. The zero-order valence-corrected chi connectivity index (χ0v) is 9.64. The SMILES string of the molecule is Cc1cccc(N)c1.Cc1cccc(O)c1.